The van der Waals surface area contributed by atoms with Gasteiger partial charge in [0.15, 0.2) is 0 Å². The summed E-state index contributed by atoms with van der Waals surface area (Å²) in [6.07, 6.45) is 3.20. The first-order chi connectivity index (χ1) is 8.69. The van der Waals surface area contributed by atoms with Crippen molar-refractivity contribution in [3.8, 4) is 11.8 Å². The summed E-state index contributed by atoms with van der Waals surface area (Å²) in [6.45, 7) is 1.71. The highest BCUT2D eigenvalue weighted by atomic mass is 16.3. The normalized spacial score (nSPS) is 12.1. The third-order valence-corrected chi connectivity index (χ3v) is 2.87. The average molecular weight is 242 g/mol. The van der Waals surface area contributed by atoms with Gasteiger partial charge in [0.1, 0.15) is 6.07 Å². The van der Waals surface area contributed by atoms with Gasteiger partial charge in [-0.3, -0.25) is 0 Å². The number of hydrogen-bond donors (Lipinski definition) is 2. The average Bonchev–Trinajstić information content (AvgIpc) is 2.86. The van der Waals surface area contributed by atoms with Crippen molar-refractivity contribution >= 4 is 0 Å². The first-order valence-corrected chi connectivity index (χ1v) is 5.57. The summed E-state index contributed by atoms with van der Waals surface area (Å²) in [6, 6.07) is 7.26. The Hall–Kier alpha value is -2.16. The number of aromatic nitrogens is 2. The molecular weight excluding hydrogens is 228 g/mol. The first kappa shape index (κ1) is 12.3. The molecule has 1 unspecified atom stereocenters. The lowest BCUT2D eigenvalue weighted by Gasteiger charge is -2.14. The van der Waals surface area contributed by atoms with Gasteiger partial charge in [0.25, 0.3) is 0 Å². The van der Waals surface area contributed by atoms with Crippen LogP contribution in [0.15, 0.2) is 30.7 Å². The number of aliphatic hydroxyl groups is 1. The summed E-state index contributed by atoms with van der Waals surface area (Å²) < 4.78 is 1.74. The molecule has 0 fully saturated rings. The zero-order valence-electron chi connectivity index (χ0n) is 10.0. The number of aliphatic hydroxyl groups excluding tert-OH is 1. The van der Waals surface area contributed by atoms with Crippen LogP contribution in [-0.2, 0) is 0 Å². The van der Waals surface area contributed by atoms with Gasteiger partial charge in [0.2, 0.25) is 0 Å². The molecule has 0 aliphatic carbocycles. The molecule has 0 aliphatic heterocycles. The molecule has 92 valence electrons. The molecule has 5 heteroatoms. The first-order valence-electron chi connectivity index (χ1n) is 5.57. The number of nitriles is 1. The molecule has 0 amide bonds. The summed E-state index contributed by atoms with van der Waals surface area (Å²) in [5.74, 6) is 0. The van der Waals surface area contributed by atoms with E-state index in [-0.39, 0.29) is 6.61 Å². The van der Waals surface area contributed by atoms with Gasteiger partial charge in [0, 0.05) is 0 Å². The molecule has 0 saturated carbocycles. The van der Waals surface area contributed by atoms with Crippen LogP contribution in [0.1, 0.15) is 22.9 Å². The molecule has 0 bridgehead atoms. The van der Waals surface area contributed by atoms with Crippen molar-refractivity contribution in [2.45, 2.75) is 13.0 Å². The van der Waals surface area contributed by atoms with Gasteiger partial charge in [-0.25, -0.2) is 4.98 Å². The molecule has 2 aromatic rings. The monoisotopic (exact) mass is 242 g/mol. The minimum absolute atomic E-state index is 0.167. The molecule has 18 heavy (non-hydrogen) atoms. The second-order valence-electron chi connectivity index (χ2n) is 4.06. The highest BCUT2D eigenvalue weighted by Gasteiger charge is 2.14. The molecule has 1 atom stereocenters. The zero-order chi connectivity index (χ0) is 13.1. The van der Waals surface area contributed by atoms with E-state index in [4.69, 9.17) is 10.8 Å². The molecule has 5 nitrogen and oxygen atoms in total. The van der Waals surface area contributed by atoms with E-state index in [1.807, 2.05) is 25.1 Å². The van der Waals surface area contributed by atoms with Crippen molar-refractivity contribution in [2.24, 2.45) is 5.73 Å². The number of aryl methyl sites for hydroxylation is 1. The topological polar surface area (TPSA) is 87.9 Å². The molecule has 1 aromatic carbocycles. The van der Waals surface area contributed by atoms with Crippen LogP contribution in [0.25, 0.3) is 5.69 Å². The fourth-order valence-corrected chi connectivity index (χ4v) is 1.87. The van der Waals surface area contributed by atoms with Crippen LogP contribution in [0.3, 0.4) is 0 Å². The summed E-state index contributed by atoms with van der Waals surface area (Å²) in [4.78, 5) is 4.04. The fourth-order valence-electron chi connectivity index (χ4n) is 1.87. The highest BCUT2D eigenvalue weighted by Crippen LogP contribution is 2.21. The van der Waals surface area contributed by atoms with E-state index in [9.17, 15) is 5.26 Å². The summed E-state index contributed by atoms with van der Waals surface area (Å²) in [5.41, 5.74) is 8.70. The van der Waals surface area contributed by atoms with E-state index < -0.39 is 6.04 Å². The van der Waals surface area contributed by atoms with Gasteiger partial charge < -0.3 is 15.4 Å². The molecule has 3 N–H and O–H groups in total. The Balaban J connectivity index is 2.60. The summed E-state index contributed by atoms with van der Waals surface area (Å²) >= 11 is 0. The summed E-state index contributed by atoms with van der Waals surface area (Å²) in [7, 11) is 0. The summed E-state index contributed by atoms with van der Waals surface area (Å²) in [5, 5.41) is 18.3. The molecule has 2 rings (SSSR count). The van der Waals surface area contributed by atoms with Crippen molar-refractivity contribution in [1.82, 2.24) is 9.55 Å². The maximum Gasteiger partial charge on any atom is 0.102 e. The van der Waals surface area contributed by atoms with Crippen LogP contribution in [0.5, 0.6) is 0 Å². The Morgan fingerprint density at radius 2 is 2.33 bits per heavy atom. The number of benzene rings is 1. The lowest BCUT2D eigenvalue weighted by molar-refractivity contribution is 0.265. The lowest BCUT2D eigenvalue weighted by atomic mass is 10.1. The molecule has 1 aromatic heterocycles. The van der Waals surface area contributed by atoms with Gasteiger partial charge in [-0.15, -0.1) is 0 Å². The maximum absolute atomic E-state index is 9.22. The van der Waals surface area contributed by atoms with E-state index >= 15 is 0 Å². The van der Waals surface area contributed by atoms with Gasteiger partial charge in [-0.2, -0.15) is 5.26 Å². The number of hydrogen-bond acceptors (Lipinski definition) is 4. The fraction of sp³-hybridized carbons (Fsp3) is 0.231. The largest absolute Gasteiger partial charge is 0.394 e. The van der Waals surface area contributed by atoms with Gasteiger partial charge >= 0.3 is 0 Å². The highest BCUT2D eigenvalue weighted by molar-refractivity contribution is 5.53. The van der Waals surface area contributed by atoms with Crippen molar-refractivity contribution in [2.75, 3.05) is 6.61 Å². The molecule has 0 saturated heterocycles. The number of rotatable bonds is 3. The van der Waals surface area contributed by atoms with Crippen LogP contribution in [0.4, 0.5) is 0 Å². The minimum Gasteiger partial charge on any atom is -0.394 e. The SMILES string of the molecule is Cc1cccc(-n2cncc2C(N)CO)c1C#N. The molecular formula is C13H14N4O. The van der Waals surface area contributed by atoms with Crippen LogP contribution < -0.4 is 5.73 Å². The number of nitrogens with zero attached hydrogens (tertiary/aromatic N) is 3. The van der Waals surface area contributed by atoms with Crippen molar-refractivity contribution in [3.05, 3.63) is 47.5 Å². The van der Waals surface area contributed by atoms with E-state index in [0.29, 0.717) is 11.3 Å². The van der Waals surface area contributed by atoms with Gasteiger partial charge in [-0.1, -0.05) is 12.1 Å². The minimum atomic E-state index is -0.514. The van der Waals surface area contributed by atoms with Gasteiger partial charge in [0.05, 0.1) is 42.1 Å². The number of nitrogens with two attached hydrogens (primary N) is 1. The van der Waals surface area contributed by atoms with E-state index in [0.717, 1.165) is 11.3 Å². The second kappa shape index (κ2) is 5.00. The molecule has 0 radical (unpaired) electrons. The molecule has 1 heterocycles. The van der Waals surface area contributed by atoms with E-state index in [1.54, 1.807) is 17.1 Å². The van der Waals surface area contributed by atoms with Crippen molar-refractivity contribution in [3.63, 3.8) is 0 Å². The zero-order valence-corrected chi connectivity index (χ0v) is 10.0. The van der Waals surface area contributed by atoms with Gasteiger partial charge in [-0.05, 0) is 18.6 Å². The molecule has 0 aliphatic rings. The standard InChI is InChI=1S/C13H14N4O/c1-9-3-2-4-12(10(9)5-14)17-8-16-6-13(17)11(15)7-18/h2-4,6,8,11,18H,7,15H2,1H3. The van der Waals surface area contributed by atoms with Crippen LogP contribution in [0, 0.1) is 18.3 Å². The van der Waals surface area contributed by atoms with E-state index in [2.05, 4.69) is 11.1 Å². The smallest absolute Gasteiger partial charge is 0.102 e. The predicted molar refractivity (Wildman–Crippen MR) is 67.0 cm³/mol. The Kier molecular flexibility index (Phi) is 3.42. The Morgan fingerprint density at radius 3 is 3.00 bits per heavy atom. The van der Waals surface area contributed by atoms with Crippen molar-refractivity contribution in [1.29, 1.82) is 5.26 Å². The molecule has 0 spiro atoms. The Bertz CT molecular complexity index is 597. The predicted octanol–water partition coefficient (Wildman–Crippen LogP) is 1.04. The van der Waals surface area contributed by atoms with Crippen molar-refractivity contribution < 1.29 is 5.11 Å². The maximum atomic E-state index is 9.22. The quantitative estimate of drug-likeness (QED) is 0.841. The third-order valence-electron chi connectivity index (χ3n) is 2.87. The van der Waals surface area contributed by atoms with E-state index in [1.165, 1.54) is 0 Å². The Labute approximate surface area is 105 Å². The second-order valence-corrected chi connectivity index (χ2v) is 4.06. The van der Waals surface area contributed by atoms with Crippen LogP contribution >= 0.6 is 0 Å². The number of imidazole rings is 1. The third kappa shape index (κ3) is 1.99. The lowest BCUT2D eigenvalue weighted by Crippen LogP contribution is -2.18. The Morgan fingerprint density at radius 1 is 1.56 bits per heavy atom. The van der Waals surface area contributed by atoms with Crippen LogP contribution in [-0.4, -0.2) is 21.3 Å². The van der Waals surface area contributed by atoms with Crippen LogP contribution in [0.2, 0.25) is 0 Å².